The first kappa shape index (κ1) is 35.1. The van der Waals surface area contributed by atoms with Gasteiger partial charge in [-0.15, -0.1) is 12.4 Å². The minimum absolute atomic E-state index is 0. The largest absolute Gasteiger partial charge is 0.490 e. The minimum atomic E-state index is -0.804. The maximum absolute atomic E-state index is 12.9. The number of halogens is 1. The van der Waals surface area contributed by atoms with Gasteiger partial charge in [0.05, 0.1) is 18.3 Å². The van der Waals surface area contributed by atoms with Gasteiger partial charge in [0, 0.05) is 32.2 Å². The van der Waals surface area contributed by atoms with E-state index in [1.165, 1.54) is 0 Å². The molecule has 9 heteroatoms. The van der Waals surface area contributed by atoms with Crippen LogP contribution in [0.25, 0.3) is 0 Å². The molecule has 4 atom stereocenters. The number of unbranched alkanes of at least 4 members (excludes halogenated alkanes) is 1. The third-order valence-corrected chi connectivity index (χ3v) is 6.68. The number of carbonyl (C=O) groups is 2. The van der Waals surface area contributed by atoms with Gasteiger partial charge in [0.2, 0.25) is 5.91 Å². The van der Waals surface area contributed by atoms with E-state index < -0.39 is 12.1 Å². The molecule has 0 aliphatic rings. The first-order valence-electron chi connectivity index (χ1n) is 13.3. The highest BCUT2D eigenvalue weighted by molar-refractivity contribution is 5.96. The van der Waals surface area contributed by atoms with Crippen molar-refractivity contribution in [3.63, 3.8) is 0 Å². The van der Waals surface area contributed by atoms with Gasteiger partial charge in [-0.2, -0.15) is 0 Å². The molecule has 1 rings (SSSR count). The Morgan fingerprint density at radius 2 is 1.70 bits per heavy atom. The van der Waals surface area contributed by atoms with Crippen LogP contribution in [0, 0.1) is 23.7 Å². The van der Waals surface area contributed by atoms with Crippen LogP contribution in [0.5, 0.6) is 5.75 Å². The van der Waals surface area contributed by atoms with Gasteiger partial charge in [0.25, 0.3) is 5.91 Å². The number of amides is 2. The molecule has 0 bridgehead atoms. The smallest absolute Gasteiger partial charge is 0.255 e. The van der Waals surface area contributed by atoms with E-state index in [0.717, 1.165) is 12.8 Å². The SMILES string of the molecule is CCCCNC(=O)C(CC(O)C(N)CC(CNC(=O)c1ccccc1OCCOC)C(C)C)C(C)C.Cl. The van der Waals surface area contributed by atoms with Crippen molar-refractivity contribution in [3.05, 3.63) is 29.8 Å². The molecule has 37 heavy (non-hydrogen) atoms. The summed E-state index contributed by atoms with van der Waals surface area (Å²) < 4.78 is 10.7. The number of nitrogens with two attached hydrogens (primary N) is 1. The summed E-state index contributed by atoms with van der Waals surface area (Å²) in [5.41, 5.74) is 6.88. The molecule has 0 aromatic heterocycles. The van der Waals surface area contributed by atoms with Crippen molar-refractivity contribution in [1.29, 1.82) is 0 Å². The van der Waals surface area contributed by atoms with E-state index in [0.29, 0.717) is 50.5 Å². The van der Waals surface area contributed by atoms with Gasteiger partial charge in [-0.3, -0.25) is 9.59 Å². The van der Waals surface area contributed by atoms with E-state index in [2.05, 4.69) is 31.4 Å². The number of nitrogens with one attached hydrogen (secondary N) is 2. The van der Waals surface area contributed by atoms with Gasteiger partial charge in [0.15, 0.2) is 0 Å². The summed E-state index contributed by atoms with van der Waals surface area (Å²) in [6.45, 7) is 12.1. The number of para-hydroxylation sites is 1. The zero-order chi connectivity index (χ0) is 27.1. The fourth-order valence-electron chi connectivity index (χ4n) is 4.07. The molecule has 214 valence electrons. The van der Waals surface area contributed by atoms with Gasteiger partial charge in [0.1, 0.15) is 12.4 Å². The van der Waals surface area contributed by atoms with E-state index >= 15 is 0 Å². The zero-order valence-electron chi connectivity index (χ0n) is 23.5. The molecule has 5 N–H and O–H groups in total. The Morgan fingerprint density at radius 3 is 2.30 bits per heavy atom. The number of ether oxygens (including phenoxy) is 2. The van der Waals surface area contributed by atoms with E-state index in [1.54, 1.807) is 25.3 Å². The molecule has 0 spiro atoms. The topological polar surface area (TPSA) is 123 Å². The van der Waals surface area contributed by atoms with Crippen molar-refractivity contribution < 1.29 is 24.2 Å². The Hall–Kier alpha value is -1.87. The van der Waals surface area contributed by atoms with Gasteiger partial charge in [-0.1, -0.05) is 53.2 Å². The van der Waals surface area contributed by atoms with Crippen LogP contribution in [0.2, 0.25) is 0 Å². The highest BCUT2D eigenvalue weighted by Crippen LogP contribution is 2.24. The molecule has 0 saturated carbocycles. The predicted molar refractivity (Wildman–Crippen MR) is 151 cm³/mol. The maximum Gasteiger partial charge on any atom is 0.255 e. The molecule has 0 fully saturated rings. The fourth-order valence-corrected chi connectivity index (χ4v) is 4.07. The molecule has 4 unspecified atom stereocenters. The first-order valence-corrected chi connectivity index (χ1v) is 13.3. The Kier molecular flexibility index (Phi) is 18.3. The molecule has 0 aliphatic carbocycles. The molecule has 0 saturated heterocycles. The summed E-state index contributed by atoms with van der Waals surface area (Å²) in [6, 6.07) is 6.62. The predicted octanol–water partition coefficient (Wildman–Crippen LogP) is 3.79. The lowest BCUT2D eigenvalue weighted by Gasteiger charge is -2.30. The van der Waals surface area contributed by atoms with Crippen molar-refractivity contribution in [1.82, 2.24) is 10.6 Å². The van der Waals surface area contributed by atoms with Crippen molar-refractivity contribution in [3.8, 4) is 5.75 Å². The van der Waals surface area contributed by atoms with Gasteiger partial charge >= 0.3 is 0 Å². The highest BCUT2D eigenvalue weighted by atomic mass is 35.5. The summed E-state index contributed by atoms with van der Waals surface area (Å²) in [7, 11) is 1.60. The molecule has 1 aromatic rings. The monoisotopic (exact) mass is 543 g/mol. The molecule has 8 nitrogen and oxygen atoms in total. The molecule has 1 aromatic carbocycles. The highest BCUT2D eigenvalue weighted by Gasteiger charge is 2.29. The number of aliphatic hydroxyl groups is 1. The second-order valence-electron chi connectivity index (χ2n) is 10.2. The van der Waals surface area contributed by atoms with Gasteiger partial charge in [-0.05, 0) is 49.1 Å². The zero-order valence-corrected chi connectivity index (χ0v) is 24.3. The number of methoxy groups -OCH3 is 1. The Labute approximate surface area is 229 Å². The number of aliphatic hydroxyl groups excluding tert-OH is 1. The molecular formula is C28H50ClN3O5. The average Bonchev–Trinajstić information content (AvgIpc) is 2.84. The normalized spacial score (nSPS) is 14.4. The van der Waals surface area contributed by atoms with Crippen LogP contribution in [-0.4, -0.2) is 62.5 Å². The Bertz CT molecular complexity index is 778. The van der Waals surface area contributed by atoms with Crippen LogP contribution >= 0.6 is 12.4 Å². The van der Waals surface area contributed by atoms with Crippen LogP contribution < -0.4 is 21.1 Å². The second kappa shape index (κ2) is 19.2. The van der Waals surface area contributed by atoms with E-state index in [-0.39, 0.29) is 47.9 Å². The molecule has 0 heterocycles. The molecule has 0 radical (unpaired) electrons. The molecular weight excluding hydrogens is 494 g/mol. The molecule has 2 amide bonds. The summed E-state index contributed by atoms with van der Waals surface area (Å²) in [5.74, 6) is 0.382. The van der Waals surface area contributed by atoms with Crippen molar-refractivity contribution in [2.45, 2.75) is 72.4 Å². The lowest BCUT2D eigenvalue weighted by Crippen LogP contribution is -2.44. The van der Waals surface area contributed by atoms with Crippen molar-refractivity contribution in [2.24, 2.45) is 29.4 Å². The van der Waals surface area contributed by atoms with Crippen LogP contribution in [0.15, 0.2) is 24.3 Å². The Morgan fingerprint density at radius 1 is 1.03 bits per heavy atom. The minimum Gasteiger partial charge on any atom is -0.490 e. The number of hydrogen-bond donors (Lipinski definition) is 4. The summed E-state index contributed by atoms with van der Waals surface area (Å²) in [6.07, 6.45) is 2.00. The second-order valence-corrected chi connectivity index (χ2v) is 10.2. The summed E-state index contributed by atoms with van der Waals surface area (Å²) in [5, 5.41) is 16.9. The van der Waals surface area contributed by atoms with Crippen LogP contribution in [0.3, 0.4) is 0 Å². The van der Waals surface area contributed by atoms with Crippen molar-refractivity contribution >= 4 is 24.2 Å². The lowest BCUT2D eigenvalue weighted by atomic mass is 9.83. The number of benzene rings is 1. The number of hydrogen-bond acceptors (Lipinski definition) is 6. The quantitative estimate of drug-likeness (QED) is 0.209. The summed E-state index contributed by atoms with van der Waals surface area (Å²) >= 11 is 0. The number of carbonyl (C=O) groups excluding carboxylic acids is 2. The standard InChI is InChI=1S/C28H49N3O5.ClH/c1-7-8-13-30-28(34)23(20(4)5)17-25(32)24(29)16-21(19(2)3)18-31-27(33)22-11-9-10-12-26(22)36-15-14-35-6;/h9-12,19-21,23-25,32H,7-8,13-18,29H2,1-6H3,(H,30,34)(H,31,33);1H. The van der Waals surface area contributed by atoms with Gasteiger partial charge in [-0.25, -0.2) is 0 Å². The van der Waals surface area contributed by atoms with E-state index in [1.807, 2.05) is 19.9 Å². The molecule has 0 aliphatic heterocycles. The first-order chi connectivity index (χ1) is 17.1. The van der Waals surface area contributed by atoms with E-state index in [9.17, 15) is 14.7 Å². The van der Waals surface area contributed by atoms with E-state index in [4.69, 9.17) is 15.2 Å². The van der Waals surface area contributed by atoms with Gasteiger partial charge < -0.3 is 30.9 Å². The van der Waals surface area contributed by atoms with Crippen LogP contribution in [0.1, 0.15) is 70.7 Å². The lowest BCUT2D eigenvalue weighted by molar-refractivity contribution is -0.127. The third-order valence-electron chi connectivity index (χ3n) is 6.68. The van der Waals surface area contributed by atoms with Crippen molar-refractivity contribution in [2.75, 3.05) is 33.4 Å². The maximum atomic E-state index is 12.9. The Balaban J connectivity index is 0.0000130. The third kappa shape index (κ3) is 13.0. The van der Waals surface area contributed by atoms with Crippen LogP contribution in [0.4, 0.5) is 0 Å². The summed E-state index contributed by atoms with van der Waals surface area (Å²) in [4.78, 5) is 25.5. The average molecular weight is 544 g/mol. The fraction of sp³-hybridized carbons (Fsp3) is 0.714. The number of rotatable bonds is 18. The van der Waals surface area contributed by atoms with Crippen LogP contribution in [-0.2, 0) is 9.53 Å².